The Morgan fingerprint density at radius 3 is 2.21 bits per heavy atom. The van der Waals surface area contributed by atoms with Crippen molar-refractivity contribution < 1.29 is 23.9 Å². The third-order valence-electron chi connectivity index (χ3n) is 3.13. The average Bonchev–Trinajstić information content (AvgIpc) is 2.48. The molecule has 0 aromatic heterocycles. The van der Waals surface area contributed by atoms with Gasteiger partial charge in [0.1, 0.15) is 24.0 Å². The van der Waals surface area contributed by atoms with Gasteiger partial charge in [-0.1, -0.05) is 30.3 Å². The van der Waals surface area contributed by atoms with E-state index < -0.39 is 23.7 Å². The second-order valence-corrected chi connectivity index (χ2v) is 6.61. The topological polar surface area (TPSA) is 72.9 Å². The van der Waals surface area contributed by atoms with E-state index in [1.807, 2.05) is 30.3 Å². The van der Waals surface area contributed by atoms with Crippen molar-refractivity contribution in [2.75, 3.05) is 7.05 Å². The largest absolute Gasteiger partial charge is 0.459 e. The molecule has 0 saturated carbocycles. The van der Waals surface area contributed by atoms with Crippen LogP contribution in [-0.4, -0.2) is 41.4 Å². The van der Waals surface area contributed by atoms with Crippen LogP contribution >= 0.6 is 0 Å². The summed E-state index contributed by atoms with van der Waals surface area (Å²) in [6, 6.07) is 8.17. The molecule has 132 valence electrons. The number of carbonyl (C=O) groups excluding carboxylic acids is 3. The van der Waals surface area contributed by atoms with Gasteiger partial charge in [0.15, 0.2) is 0 Å². The monoisotopic (exact) mass is 335 g/mol. The van der Waals surface area contributed by atoms with E-state index >= 15 is 0 Å². The van der Waals surface area contributed by atoms with Crippen LogP contribution in [0.4, 0.5) is 4.79 Å². The summed E-state index contributed by atoms with van der Waals surface area (Å²) < 4.78 is 10.5. The minimum absolute atomic E-state index is 0.0796. The van der Waals surface area contributed by atoms with Gasteiger partial charge in [-0.15, -0.1) is 0 Å². The molecule has 0 N–H and O–H groups in total. The first-order valence-electron chi connectivity index (χ1n) is 7.76. The zero-order valence-corrected chi connectivity index (χ0v) is 14.9. The lowest BCUT2D eigenvalue weighted by atomic mass is 10.1. The second kappa shape index (κ2) is 8.47. The molecule has 1 aromatic carbocycles. The molecule has 0 aliphatic rings. The SMILES string of the molecule is CC(=O)C[C@@H](C(=O)OCc1ccccc1)N(C)C(=O)OC(C)(C)C. The molecule has 0 unspecified atom stereocenters. The van der Waals surface area contributed by atoms with Gasteiger partial charge in [-0.2, -0.15) is 0 Å². The minimum atomic E-state index is -1.01. The smallest absolute Gasteiger partial charge is 0.410 e. The Hall–Kier alpha value is -2.37. The number of amides is 1. The molecule has 24 heavy (non-hydrogen) atoms. The Kier molecular flexibility index (Phi) is 6.95. The van der Waals surface area contributed by atoms with Gasteiger partial charge in [-0.25, -0.2) is 9.59 Å². The molecule has 0 aliphatic carbocycles. The fourth-order valence-corrected chi connectivity index (χ4v) is 1.94. The van der Waals surface area contributed by atoms with Gasteiger partial charge in [0.2, 0.25) is 0 Å². The van der Waals surface area contributed by atoms with Crippen LogP contribution in [0.15, 0.2) is 30.3 Å². The van der Waals surface area contributed by atoms with Crippen LogP contribution < -0.4 is 0 Å². The number of ketones is 1. The van der Waals surface area contributed by atoms with E-state index in [2.05, 4.69) is 0 Å². The van der Waals surface area contributed by atoms with Gasteiger partial charge >= 0.3 is 12.1 Å². The molecule has 6 nitrogen and oxygen atoms in total. The highest BCUT2D eigenvalue weighted by Crippen LogP contribution is 2.14. The number of ether oxygens (including phenoxy) is 2. The molecule has 1 rings (SSSR count). The first-order chi connectivity index (χ1) is 11.1. The number of rotatable bonds is 6. The van der Waals surface area contributed by atoms with Crippen LogP contribution in [0, 0.1) is 0 Å². The Labute approximate surface area is 142 Å². The standard InChI is InChI=1S/C18H25NO5/c1-13(20)11-15(19(5)17(22)24-18(2,3)4)16(21)23-12-14-9-7-6-8-10-14/h6-10,15H,11-12H2,1-5H3/t15-/m0/s1. The third-order valence-corrected chi connectivity index (χ3v) is 3.13. The van der Waals surface area contributed by atoms with Crippen LogP contribution in [-0.2, 0) is 25.7 Å². The summed E-state index contributed by atoms with van der Waals surface area (Å²) in [5, 5.41) is 0. The zero-order chi connectivity index (χ0) is 18.3. The minimum Gasteiger partial charge on any atom is -0.459 e. The van der Waals surface area contributed by atoms with Gasteiger partial charge in [0, 0.05) is 13.5 Å². The lowest BCUT2D eigenvalue weighted by molar-refractivity contribution is -0.152. The Bertz CT molecular complexity index is 577. The lowest BCUT2D eigenvalue weighted by Gasteiger charge is -2.29. The lowest BCUT2D eigenvalue weighted by Crippen LogP contribution is -2.46. The molecule has 0 heterocycles. The summed E-state index contributed by atoms with van der Waals surface area (Å²) in [7, 11) is 1.42. The van der Waals surface area contributed by atoms with Crippen molar-refractivity contribution in [1.29, 1.82) is 0 Å². The molecule has 0 fully saturated rings. The summed E-state index contributed by atoms with van der Waals surface area (Å²) in [6.07, 6.45) is -0.797. The van der Waals surface area contributed by atoms with E-state index in [0.717, 1.165) is 10.5 Å². The predicted octanol–water partition coefficient (Wildman–Crippen LogP) is 2.94. The van der Waals surface area contributed by atoms with Crippen molar-refractivity contribution in [2.24, 2.45) is 0 Å². The Balaban J connectivity index is 2.77. The molecule has 6 heteroatoms. The van der Waals surface area contributed by atoms with Gasteiger partial charge in [-0.3, -0.25) is 9.69 Å². The molecule has 0 saturated heterocycles. The fourth-order valence-electron chi connectivity index (χ4n) is 1.94. The quantitative estimate of drug-likeness (QED) is 0.747. The van der Waals surface area contributed by atoms with Gasteiger partial charge in [0.05, 0.1) is 0 Å². The molecule has 1 aromatic rings. The summed E-state index contributed by atoms with van der Waals surface area (Å²) >= 11 is 0. The third kappa shape index (κ3) is 6.81. The molecule has 1 amide bonds. The molecule has 0 bridgehead atoms. The molecular weight excluding hydrogens is 310 g/mol. The maximum absolute atomic E-state index is 12.3. The number of hydrogen-bond donors (Lipinski definition) is 0. The number of esters is 1. The van der Waals surface area contributed by atoms with Crippen LogP contribution in [0.1, 0.15) is 39.7 Å². The van der Waals surface area contributed by atoms with Gasteiger partial charge < -0.3 is 9.47 Å². The first kappa shape index (κ1) is 19.7. The van der Waals surface area contributed by atoms with Crippen molar-refractivity contribution >= 4 is 17.8 Å². The maximum atomic E-state index is 12.3. The van der Waals surface area contributed by atoms with E-state index in [1.54, 1.807) is 20.8 Å². The summed E-state index contributed by atoms with van der Waals surface area (Å²) in [6.45, 7) is 6.63. The average molecular weight is 335 g/mol. The molecule has 1 atom stereocenters. The van der Waals surface area contributed by atoms with Crippen molar-refractivity contribution in [3.05, 3.63) is 35.9 Å². The van der Waals surface area contributed by atoms with E-state index in [0.29, 0.717) is 0 Å². The highest BCUT2D eigenvalue weighted by atomic mass is 16.6. The molecule has 0 radical (unpaired) electrons. The fraction of sp³-hybridized carbons (Fsp3) is 0.500. The molecular formula is C18H25NO5. The van der Waals surface area contributed by atoms with E-state index in [1.165, 1.54) is 14.0 Å². The highest BCUT2D eigenvalue weighted by Gasteiger charge is 2.32. The van der Waals surface area contributed by atoms with Crippen LogP contribution in [0.3, 0.4) is 0 Å². The normalized spacial score (nSPS) is 12.2. The maximum Gasteiger partial charge on any atom is 0.410 e. The van der Waals surface area contributed by atoms with Crippen molar-refractivity contribution in [3.8, 4) is 0 Å². The molecule has 0 aliphatic heterocycles. The number of hydrogen-bond acceptors (Lipinski definition) is 5. The summed E-state index contributed by atoms with van der Waals surface area (Å²) in [5.41, 5.74) is 0.132. The summed E-state index contributed by atoms with van der Waals surface area (Å²) in [5.74, 6) is -0.852. The van der Waals surface area contributed by atoms with Crippen LogP contribution in [0.25, 0.3) is 0 Å². The van der Waals surface area contributed by atoms with Crippen LogP contribution in [0.5, 0.6) is 0 Å². The number of Topliss-reactive ketones (excluding diaryl/α,β-unsaturated/α-hetero) is 1. The van der Waals surface area contributed by atoms with Crippen molar-refractivity contribution in [1.82, 2.24) is 4.90 Å². The number of carbonyl (C=O) groups is 3. The van der Waals surface area contributed by atoms with Gasteiger partial charge in [0.25, 0.3) is 0 Å². The van der Waals surface area contributed by atoms with Crippen LogP contribution in [0.2, 0.25) is 0 Å². The van der Waals surface area contributed by atoms with E-state index in [-0.39, 0.29) is 18.8 Å². The molecule has 0 spiro atoms. The Morgan fingerprint density at radius 1 is 1.12 bits per heavy atom. The summed E-state index contributed by atoms with van der Waals surface area (Å²) in [4.78, 5) is 37.1. The second-order valence-electron chi connectivity index (χ2n) is 6.61. The Morgan fingerprint density at radius 2 is 1.71 bits per heavy atom. The number of likely N-dealkylation sites (N-methyl/N-ethyl adjacent to an activating group) is 1. The first-order valence-corrected chi connectivity index (χ1v) is 7.76. The highest BCUT2D eigenvalue weighted by molar-refractivity contribution is 5.87. The number of nitrogens with zero attached hydrogens (tertiary/aromatic N) is 1. The van der Waals surface area contributed by atoms with Crippen molar-refractivity contribution in [3.63, 3.8) is 0 Å². The number of benzene rings is 1. The van der Waals surface area contributed by atoms with Crippen molar-refractivity contribution in [2.45, 2.75) is 52.4 Å². The van der Waals surface area contributed by atoms with Gasteiger partial charge in [-0.05, 0) is 33.3 Å². The van der Waals surface area contributed by atoms with E-state index in [4.69, 9.17) is 9.47 Å². The predicted molar refractivity (Wildman–Crippen MR) is 89.3 cm³/mol. The zero-order valence-electron chi connectivity index (χ0n) is 14.9. The van der Waals surface area contributed by atoms with E-state index in [9.17, 15) is 14.4 Å².